The fourth-order valence-corrected chi connectivity index (χ4v) is 2.55. The second kappa shape index (κ2) is 6.93. The molecule has 108 valence electrons. The zero-order chi connectivity index (χ0) is 14.3. The maximum Gasteiger partial charge on any atom is 0.194 e. The van der Waals surface area contributed by atoms with Crippen LogP contribution in [0.4, 0.5) is 0 Å². The van der Waals surface area contributed by atoms with Gasteiger partial charge in [-0.25, -0.2) is 0 Å². The van der Waals surface area contributed by atoms with Crippen LogP contribution in [0.5, 0.6) is 0 Å². The molecule has 1 heterocycles. The van der Waals surface area contributed by atoms with Crippen LogP contribution in [0.1, 0.15) is 17.5 Å². The van der Waals surface area contributed by atoms with Gasteiger partial charge in [-0.1, -0.05) is 60.7 Å². The quantitative estimate of drug-likeness (QED) is 0.931. The highest BCUT2D eigenvalue weighted by atomic mass is 15.3. The van der Waals surface area contributed by atoms with Crippen LogP contribution in [-0.2, 0) is 13.1 Å². The molecular formula is C18H21N3. The number of nitrogens with zero attached hydrogens (tertiary/aromatic N) is 2. The van der Waals surface area contributed by atoms with Crippen LogP contribution in [0.15, 0.2) is 65.7 Å². The SMILES string of the molecule is c1ccc(CN(Cc2ccccc2)C2=NCCCN2)cc1. The molecule has 0 spiro atoms. The Bertz CT molecular complexity index is 536. The van der Waals surface area contributed by atoms with Gasteiger partial charge in [0.2, 0.25) is 0 Å². The Balaban J connectivity index is 1.79. The fourth-order valence-electron chi connectivity index (χ4n) is 2.55. The Kier molecular flexibility index (Phi) is 4.52. The minimum absolute atomic E-state index is 0.877. The van der Waals surface area contributed by atoms with E-state index in [-0.39, 0.29) is 0 Å². The lowest BCUT2D eigenvalue weighted by Crippen LogP contribution is -2.43. The van der Waals surface area contributed by atoms with Gasteiger partial charge in [0, 0.05) is 26.2 Å². The van der Waals surface area contributed by atoms with E-state index in [1.54, 1.807) is 0 Å². The van der Waals surface area contributed by atoms with Crippen LogP contribution >= 0.6 is 0 Å². The summed E-state index contributed by atoms with van der Waals surface area (Å²) in [6, 6.07) is 21.1. The minimum atomic E-state index is 0.877. The molecule has 0 atom stereocenters. The van der Waals surface area contributed by atoms with Crippen molar-refractivity contribution in [3.63, 3.8) is 0 Å². The molecule has 0 unspecified atom stereocenters. The van der Waals surface area contributed by atoms with Crippen molar-refractivity contribution in [1.82, 2.24) is 10.2 Å². The van der Waals surface area contributed by atoms with Crippen LogP contribution in [0.2, 0.25) is 0 Å². The predicted octanol–water partition coefficient (Wildman–Crippen LogP) is 3.04. The standard InChI is InChI=1S/C18H21N3/c1-3-8-16(9-4-1)14-21(18-19-12-7-13-20-18)15-17-10-5-2-6-11-17/h1-6,8-11H,7,12-15H2,(H,19,20). The Hall–Kier alpha value is -2.29. The van der Waals surface area contributed by atoms with Gasteiger partial charge in [-0.05, 0) is 17.5 Å². The number of hydrogen-bond donors (Lipinski definition) is 1. The Morgan fingerprint density at radius 2 is 1.43 bits per heavy atom. The van der Waals surface area contributed by atoms with E-state index in [0.29, 0.717) is 0 Å². The van der Waals surface area contributed by atoms with Gasteiger partial charge >= 0.3 is 0 Å². The maximum atomic E-state index is 4.65. The molecule has 1 N–H and O–H groups in total. The summed E-state index contributed by atoms with van der Waals surface area (Å²) in [4.78, 5) is 6.98. The van der Waals surface area contributed by atoms with E-state index in [1.807, 2.05) is 0 Å². The molecule has 0 radical (unpaired) electrons. The second-order valence-corrected chi connectivity index (χ2v) is 5.31. The van der Waals surface area contributed by atoms with Gasteiger partial charge in [-0.2, -0.15) is 0 Å². The van der Waals surface area contributed by atoms with Crippen LogP contribution in [0, 0.1) is 0 Å². The van der Waals surface area contributed by atoms with Gasteiger partial charge in [0.1, 0.15) is 0 Å². The monoisotopic (exact) mass is 279 g/mol. The van der Waals surface area contributed by atoms with Crippen LogP contribution < -0.4 is 5.32 Å². The lowest BCUT2D eigenvalue weighted by molar-refractivity contribution is 0.383. The average Bonchev–Trinajstić information content (AvgIpc) is 2.57. The number of nitrogens with one attached hydrogen (secondary N) is 1. The lowest BCUT2D eigenvalue weighted by atomic mass is 10.1. The van der Waals surface area contributed by atoms with E-state index in [0.717, 1.165) is 38.6 Å². The Morgan fingerprint density at radius 1 is 0.857 bits per heavy atom. The molecule has 2 aromatic rings. The molecule has 1 aliphatic heterocycles. The molecule has 2 aromatic carbocycles. The molecule has 1 aliphatic rings. The average molecular weight is 279 g/mol. The minimum Gasteiger partial charge on any atom is -0.356 e. The molecule has 21 heavy (non-hydrogen) atoms. The Morgan fingerprint density at radius 3 is 1.90 bits per heavy atom. The molecule has 0 aromatic heterocycles. The number of hydrogen-bond acceptors (Lipinski definition) is 3. The van der Waals surface area contributed by atoms with E-state index in [1.165, 1.54) is 11.1 Å². The summed E-state index contributed by atoms with van der Waals surface area (Å²) in [7, 11) is 0. The predicted molar refractivity (Wildman–Crippen MR) is 87.1 cm³/mol. The normalized spacial score (nSPS) is 14.2. The number of aliphatic imine (C=N–C) groups is 1. The first-order valence-corrected chi connectivity index (χ1v) is 7.53. The van der Waals surface area contributed by atoms with Gasteiger partial charge in [0.25, 0.3) is 0 Å². The zero-order valence-corrected chi connectivity index (χ0v) is 12.2. The molecular weight excluding hydrogens is 258 g/mol. The second-order valence-electron chi connectivity index (χ2n) is 5.31. The maximum absolute atomic E-state index is 4.65. The van der Waals surface area contributed by atoms with Crippen molar-refractivity contribution in [1.29, 1.82) is 0 Å². The molecule has 0 bridgehead atoms. The summed E-state index contributed by atoms with van der Waals surface area (Å²) < 4.78 is 0. The molecule has 3 nitrogen and oxygen atoms in total. The summed E-state index contributed by atoms with van der Waals surface area (Å²) >= 11 is 0. The van der Waals surface area contributed by atoms with Crippen molar-refractivity contribution in [3.8, 4) is 0 Å². The highest BCUT2D eigenvalue weighted by Crippen LogP contribution is 2.11. The molecule has 3 rings (SSSR count). The molecule has 0 amide bonds. The van der Waals surface area contributed by atoms with Crippen LogP contribution in [0.3, 0.4) is 0 Å². The van der Waals surface area contributed by atoms with Crippen molar-refractivity contribution >= 4 is 5.96 Å². The van der Waals surface area contributed by atoms with Gasteiger partial charge in [0.05, 0.1) is 0 Å². The summed E-state index contributed by atoms with van der Waals surface area (Å²) in [5.41, 5.74) is 2.62. The first-order chi connectivity index (χ1) is 10.4. The third-order valence-corrected chi connectivity index (χ3v) is 3.61. The third kappa shape index (κ3) is 3.85. The van der Waals surface area contributed by atoms with Crippen LogP contribution in [0.25, 0.3) is 0 Å². The molecule has 0 fully saturated rings. The number of rotatable bonds is 4. The van der Waals surface area contributed by atoms with Crippen molar-refractivity contribution in [3.05, 3.63) is 71.8 Å². The van der Waals surface area contributed by atoms with Crippen molar-refractivity contribution in [2.75, 3.05) is 13.1 Å². The highest BCUT2D eigenvalue weighted by molar-refractivity contribution is 5.80. The van der Waals surface area contributed by atoms with Gasteiger partial charge in [-0.15, -0.1) is 0 Å². The van der Waals surface area contributed by atoms with Gasteiger partial charge in [0.15, 0.2) is 5.96 Å². The van der Waals surface area contributed by atoms with Crippen molar-refractivity contribution in [2.24, 2.45) is 4.99 Å². The summed E-state index contributed by atoms with van der Waals surface area (Å²) in [6.07, 6.45) is 1.12. The lowest BCUT2D eigenvalue weighted by Gasteiger charge is -2.29. The van der Waals surface area contributed by atoms with Crippen molar-refractivity contribution < 1.29 is 0 Å². The first-order valence-electron chi connectivity index (χ1n) is 7.53. The van der Waals surface area contributed by atoms with Gasteiger partial charge < -0.3 is 10.2 Å². The zero-order valence-electron chi connectivity index (χ0n) is 12.2. The van der Waals surface area contributed by atoms with Gasteiger partial charge in [-0.3, -0.25) is 4.99 Å². The summed E-state index contributed by atoms with van der Waals surface area (Å²) in [5, 5.41) is 3.44. The number of guanidine groups is 1. The summed E-state index contributed by atoms with van der Waals surface area (Å²) in [6.45, 7) is 3.68. The van der Waals surface area contributed by atoms with Crippen LogP contribution in [-0.4, -0.2) is 23.9 Å². The highest BCUT2D eigenvalue weighted by Gasteiger charge is 2.14. The first kappa shape index (κ1) is 13.7. The molecule has 0 saturated carbocycles. The van der Waals surface area contributed by atoms with E-state index in [9.17, 15) is 0 Å². The van der Waals surface area contributed by atoms with E-state index < -0.39 is 0 Å². The van der Waals surface area contributed by atoms with E-state index in [2.05, 4.69) is 75.9 Å². The Labute approximate surface area is 126 Å². The molecule has 3 heteroatoms. The molecule has 0 saturated heterocycles. The van der Waals surface area contributed by atoms with E-state index >= 15 is 0 Å². The third-order valence-electron chi connectivity index (χ3n) is 3.61. The van der Waals surface area contributed by atoms with Crippen molar-refractivity contribution in [2.45, 2.75) is 19.5 Å². The van der Waals surface area contributed by atoms with E-state index in [4.69, 9.17) is 0 Å². The summed E-state index contributed by atoms with van der Waals surface area (Å²) in [5.74, 6) is 1.02. The smallest absolute Gasteiger partial charge is 0.194 e. The largest absolute Gasteiger partial charge is 0.356 e. The fraction of sp³-hybridized carbons (Fsp3) is 0.278. The molecule has 0 aliphatic carbocycles. The number of benzene rings is 2. The topological polar surface area (TPSA) is 27.6 Å².